The maximum Gasteiger partial charge on any atom is 0.333 e. The second kappa shape index (κ2) is 9.24. The molecule has 7 heteroatoms. The Morgan fingerprint density at radius 2 is 1.86 bits per heavy atom. The first-order chi connectivity index (χ1) is 13.9. The highest BCUT2D eigenvalue weighted by Gasteiger charge is 2.41. The minimum atomic E-state index is -0.921. The standard InChI is InChI=1S/C22H21NO4S2/c1-14(2)27-17-11-7-8-15(12-17)13-18-20(24)23(22(28)29-18)19(21(25)26-3)16-9-5-4-6-10-16/h4-14,19H,1-3H3/b18-13+. The molecule has 1 heterocycles. The number of carbonyl (C=O) groups is 2. The highest BCUT2D eigenvalue weighted by Crippen LogP contribution is 2.38. The number of nitrogens with zero attached hydrogens (tertiary/aromatic N) is 1. The lowest BCUT2D eigenvalue weighted by atomic mass is 10.1. The van der Waals surface area contributed by atoms with Crippen molar-refractivity contribution in [1.82, 2.24) is 4.90 Å². The van der Waals surface area contributed by atoms with Gasteiger partial charge in [0.05, 0.1) is 18.1 Å². The molecule has 1 amide bonds. The molecule has 1 atom stereocenters. The van der Waals surface area contributed by atoms with E-state index in [-0.39, 0.29) is 12.0 Å². The van der Waals surface area contributed by atoms with E-state index in [9.17, 15) is 9.59 Å². The lowest BCUT2D eigenvalue weighted by molar-refractivity contribution is -0.148. The van der Waals surface area contributed by atoms with Gasteiger partial charge in [-0.05, 0) is 43.2 Å². The van der Waals surface area contributed by atoms with Crippen LogP contribution in [0.2, 0.25) is 0 Å². The summed E-state index contributed by atoms with van der Waals surface area (Å²) in [6, 6.07) is 15.6. The van der Waals surface area contributed by atoms with E-state index in [2.05, 4.69) is 0 Å². The van der Waals surface area contributed by atoms with Gasteiger partial charge in [-0.25, -0.2) is 4.79 Å². The van der Waals surface area contributed by atoms with E-state index in [0.717, 1.165) is 11.3 Å². The third-order valence-electron chi connectivity index (χ3n) is 4.15. The van der Waals surface area contributed by atoms with Crippen LogP contribution in [-0.2, 0) is 14.3 Å². The summed E-state index contributed by atoms with van der Waals surface area (Å²) in [6.07, 6.45) is 1.81. The van der Waals surface area contributed by atoms with Crippen LogP contribution in [0, 0.1) is 0 Å². The quantitative estimate of drug-likeness (QED) is 0.382. The van der Waals surface area contributed by atoms with Gasteiger partial charge in [0.25, 0.3) is 5.91 Å². The molecule has 0 spiro atoms. The summed E-state index contributed by atoms with van der Waals surface area (Å²) in [7, 11) is 1.30. The normalized spacial score (nSPS) is 16.4. The van der Waals surface area contributed by atoms with Crippen LogP contribution in [0.1, 0.15) is 31.0 Å². The first-order valence-electron chi connectivity index (χ1n) is 9.07. The molecule has 1 fully saturated rings. The summed E-state index contributed by atoms with van der Waals surface area (Å²) in [5.74, 6) is -0.142. The van der Waals surface area contributed by atoms with Gasteiger partial charge >= 0.3 is 5.97 Å². The number of benzene rings is 2. The highest BCUT2D eigenvalue weighted by atomic mass is 32.2. The minimum Gasteiger partial charge on any atom is -0.491 e. The summed E-state index contributed by atoms with van der Waals surface area (Å²) in [5, 5.41) is 0. The SMILES string of the molecule is COC(=O)C(c1ccccc1)N1C(=O)/C(=C\c2cccc(OC(C)C)c2)SC1=S. The summed E-state index contributed by atoms with van der Waals surface area (Å²) in [6.45, 7) is 3.91. The molecule has 0 aliphatic carbocycles. The number of rotatable bonds is 6. The van der Waals surface area contributed by atoms with Crippen molar-refractivity contribution in [3.05, 3.63) is 70.6 Å². The number of ether oxygens (including phenoxy) is 2. The fourth-order valence-electron chi connectivity index (χ4n) is 2.94. The third-order valence-corrected chi connectivity index (χ3v) is 5.48. The van der Waals surface area contributed by atoms with E-state index < -0.39 is 12.0 Å². The van der Waals surface area contributed by atoms with Crippen molar-refractivity contribution < 1.29 is 19.1 Å². The van der Waals surface area contributed by atoms with Crippen LogP contribution in [0.5, 0.6) is 5.75 Å². The van der Waals surface area contributed by atoms with Crippen LogP contribution in [-0.4, -0.2) is 34.3 Å². The topological polar surface area (TPSA) is 55.8 Å². The smallest absolute Gasteiger partial charge is 0.333 e. The van der Waals surface area contributed by atoms with Crippen molar-refractivity contribution in [2.75, 3.05) is 7.11 Å². The molecule has 0 saturated carbocycles. The van der Waals surface area contributed by atoms with Crippen molar-refractivity contribution in [2.24, 2.45) is 0 Å². The Morgan fingerprint density at radius 3 is 2.52 bits per heavy atom. The summed E-state index contributed by atoms with van der Waals surface area (Å²) in [4.78, 5) is 27.4. The molecular weight excluding hydrogens is 406 g/mol. The fourth-order valence-corrected chi connectivity index (χ4v) is 4.25. The van der Waals surface area contributed by atoms with Gasteiger partial charge in [-0.15, -0.1) is 0 Å². The van der Waals surface area contributed by atoms with Crippen LogP contribution < -0.4 is 4.74 Å². The van der Waals surface area contributed by atoms with Gasteiger partial charge < -0.3 is 9.47 Å². The fraction of sp³-hybridized carbons (Fsp3) is 0.227. The summed E-state index contributed by atoms with van der Waals surface area (Å²) < 4.78 is 11.0. The average molecular weight is 428 g/mol. The molecule has 0 N–H and O–H groups in total. The predicted octanol–water partition coefficient (Wildman–Crippen LogP) is 4.59. The number of hydrogen-bond acceptors (Lipinski definition) is 6. The molecule has 2 aromatic carbocycles. The van der Waals surface area contributed by atoms with Gasteiger partial charge in [0.2, 0.25) is 0 Å². The monoisotopic (exact) mass is 427 g/mol. The summed E-state index contributed by atoms with van der Waals surface area (Å²) >= 11 is 6.60. The molecule has 5 nitrogen and oxygen atoms in total. The number of carbonyl (C=O) groups excluding carboxylic acids is 2. The minimum absolute atomic E-state index is 0.0511. The van der Waals surface area contributed by atoms with E-state index in [0.29, 0.717) is 14.8 Å². The highest BCUT2D eigenvalue weighted by molar-refractivity contribution is 8.26. The Morgan fingerprint density at radius 1 is 1.14 bits per heavy atom. The van der Waals surface area contributed by atoms with E-state index in [1.165, 1.54) is 23.8 Å². The van der Waals surface area contributed by atoms with E-state index >= 15 is 0 Å². The van der Waals surface area contributed by atoms with Crippen LogP contribution in [0.15, 0.2) is 59.5 Å². The molecule has 29 heavy (non-hydrogen) atoms. The van der Waals surface area contributed by atoms with Gasteiger partial charge in [-0.3, -0.25) is 9.69 Å². The van der Waals surface area contributed by atoms with Gasteiger partial charge in [0, 0.05) is 0 Å². The zero-order valence-electron chi connectivity index (χ0n) is 16.3. The van der Waals surface area contributed by atoms with Crippen molar-refractivity contribution in [3.63, 3.8) is 0 Å². The van der Waals surface area contributed by atoms with Crippen LogP contribution in [0.3, 0.4) is 0 Å². The van der Waals surface area contributed by atoms with Crippen molar-refractivity contribution >= 4 is 46.3 Å². The number of amides is 1. The van der Waals surface area contributed by atoms with Gasteiger partial charge in [0.1, 0.15) is 10.1 Å². The Balaban J connectivity index is 1.92. The molecule has 1 aliphatic heterocycles. The Hall–Kier alpha value is -2.64. The first-order valence-corrected chi connectivity index (χ1v) is 10.3. The van der Waals surface area contributed by atoms with Crippen LogP contribution >= 0.6 is 24.0 Å². The molecule has 150 valence electrons. The zero-order chi connectivity index (χ0) is 21.0. The summed E-state index contributed by atoms with van der Waals surface area (Å²) in [5.41, 5.74) is 1.46. The zero-order valence-corrected chi connectivity index (χ0v) is 18.0. The molecule has 0 bridgehead atoms. The Kier molecular flexibility index (Phi) is 6.71. The molecule has 2 aromatic rings. The molecule has 0 radical (unpaired) electrons. The van der Waals surface area contributed by atoms with Crippen molar-refractivity contribution in [3.8, 4) is 5.75 Å². The number of esters is 1. The maximum absolute atomic E-state index is 13.1. The van der Waals surface area contributed by atoms with Gasteiger partial charge in [0.15, 0.2) is 6.04 Å². The van der Waals surface area contributed by atoms with E-state index in [4.69, 9.17) is 21.7 Å². The largest absolute Gasteiger partial charge is 0.491 e. The molecule has 1 aliphatic rings. The number of hydrogen-bond donors (Lipinski definition) is 0. The van der Waals surface area contributed by atoms with Crippen LogP contribution in [0.25, 0.3) is 6.08 Å². The Labute approximate surface area is 179 Å². The lowest BCUT2D eigenvalue weighted by Crippen LogP contribution is -2.37. The first kappa shape index (κ1) is 21.1. The van der Waals surface area contributed by atoms with E-state index in [1.54, 1.807) is 30.3 Å². The number of methoxy groups -OCH3 is 1. The molecular formula is C22H21NO4S2. The van der Waals surface area contributed by atoms with Crippen LogP contribution in [0.4, 0.5) is 0 Å². The maximum atomic E-state index is 13.1. The average Bonchev–Trinajstić information content (AvgIpc) is 2.96. The molecule has 3 rings (SSSR count). The van der Waals surface area contributed by atoms with Gasteiger partial charge in [-0.1, -0.05) is 66.4 Å². The second-order valence-corrected chi connectivity index (χ2v) is 8.30. The number of thiocarbonyl (C=S) groups is 1. The Bertz CT molecular complexity index is 956. The molecule has 1 unspecified atom stereocenters. The molecule has 1 saturated heterocycles. The second-order valence-electron chi connectivity index (χ2n) is 6.63. The third kappa shape index (κ3) is 4.86. The lowest BCUT2D eigenvalue weighted by Gasteiger charge is -2.24. The molecule has 0 aromatic heterocycles. The van der Waals surface area contributed by atoms with E-state index in [1.807, 2.05) is 44.2 Å². The number of thioether (sulfide) groups is 1. The van der Waals surface area contributed by atoms with Crippen molar-refractivity contribution in [2.45, 2.75) is 26.0 Å². The predicted molar refractivity (Wildman–Crippen MR) is 118 cm³/mol. The van der Waals surface area contributed by atoms with Gasteiger partial charge in [-0.2, -0.15) is 0 Å². The van der Waals surface area contributed by atoms with Crippen molar-refractivity contribution in [1.29, 1.82) is 0 Å².